The number of likely N-dealkylation sites (tertiary alicyclic amines) is 1. The molecule has 2 aliphatic heterocycles. The predicted octanol–water partition coefficient (Wildman–Crippen LogP) is 5.73. The van der Waals surface area contributed by atoms with E-state index in [2.05, 4.69) is 44.8 Å². The molecule has 2 amide bonds. The number of carbonyl (C=O) groups is 2. The van der Waals surface area contributed by atoms with E-state index in [0.717, 1.165) is 77.1 Å². The van der Waals surface area contributed by atoms with Crippen molar-refractivity contribution in [3.05, 3.63) is 65.7 Å². The zero-order chi connectivity index (χ0) is 31.3. The van der Waals surface area contributed by atoms with Crippen molar-refractivity contribution in [3.8, 4) is 28.4 Å². The fourth-order valence-electron chi connectivity index (χ4n) is 8.32. The van der Waals surface area contributed by atoms with Gasteiger partial charge in [0, 0.05) is 60.8 Å². The number of imidazole rings is 1. The van der Waals surface area contributed by atoms with E-state index >= 15 is 0 Å². The van der Waals surface area contributed by atoms with Crippen LogP contribution in [0.25, 0.3) is 44.6 Å². The van der Waals surface area contributed by atoms with Crippen molar-refractivity contribution in [2.45, 2.75) is 57.2 Å². The summed E-state index contributed by atoms with van der Waals surface area (Å²) in [6, 6.07) is 19.1. The Hall–Kier alpha value is -4.63. The summed E-state index contributed by atoms with van der Waals surface area (Å²) >= 11 is 0. The molecule has 2 aromatic heterocycles. The number of hydrogen-bond donors (Lipinski definition) is 2. The summed E-state index contributed by atoms with van der Waals surface area (Å²) in [6.45, 7) is 1.65. The third-order valence-electron chi connectivity index (χ3n) is 10.9. The number of nitrogens with two attached hydrogens (primary N) is 1. The zero-order valence-electron chi connectivity index (χ0n) is 26.3. The number of ether oxygens (including phenoxy) is 1. The summed E-state index contributed by atoms with van der Waals surface area (Å²) in [5.41, 5.74) is 15.3. The Morgan fingerprint density at radius 2 is 1.93 bits per heavy atom. The van der Waals surface area contributed by atoms with Crippen molar-refractivity contribution in [1.82, 2.24) is 19.0 Å². The van der Waals surface area contributed by atoms with Gasteiger partial charge in [-0.25, -0.2) is 4.98 Å². The SMILES string of the molecule is COc1cc(C(=O)N2C[C@H]3CC[C@@H]2[C@@H]3N)cc2nc(-c3cc4ccc(-c5cccc6c5CCC(=O)N6)cc4n3CC3CC3)n(C)c12. The Morgan fingerprint density at radius 3 is 2.70 bits per heavy atom. The average Bonchev–Trinajstić information content (AvgIpc) is 3.47. The zero-order valence-corrected chi connectivity index (χ0v) is 26.3. The molecule has 9 rings (SSSR count). The molecule has 3 N–H and O–H groups in total. The van der Waals surface area contributed by atoms with Gasteiger partial charge in [0.25, 0.3) is 5.91 Å². The van der Waals surface area contributed by atoms with E-state index in [9.17, 15) is 9.59 Å². The van der Waals surface area contributed by atoms with Gasteiger partial charge < -0.3 is 29.8 Å². The Balaban J connectivity index is 1.15. The fraction of sp³-hybridized carbons (Fsp3) is 0.378. The highest BCUT2D eigenvalue weighted by atomic mass is 16.5. The molecule has 9 heteroatoms. The number of rotatable bonds is 6. The molecule has 2 aliphatic carbocycles. The van der Waals surface area contributed by atoms with Crippen molar-refractivity contribution in [1.29, 1.82) is 0 Å². The minimum absolute atomic E-state index is 0.00750. The largest absolute Gasteiger partial charge is 0.494 e. The molecule has 2 saturated carbocycles. The van der Waals surface area contributed by atoms with Crippen LogP contribution in [-0.4, -0.2) is 56.6 Å². The minimum Gasteiger partial charge on any atom is -0.494 e. The molecule has 0 spiro atoms. The van der Waals surface area contributed by atoms with Crippen molar-refractivity contribution < 1.29 is 14.3 Å². The second-order valence-corrected chi connectivity index (χ2v) is 13.7. The summed E-state index contributed by atoms with van der Waals surface area (Å²) in [4.78, 5) is 33.0. The molecule has 1 saturated heterocycles. The number of piperidine rings is 1. The number of aryl methyl sites for hydroxylation is 1. The van der Waals surface area contributed by atoms with Crippen LogP contribution < -0.4 is 15.8 Å². The number of nitrogens with zero attached hydrogens (tertiary/aromatic N) is 4. The number of benzene rings is 3. The first-order valence-electron chi connectivity index (χ1n) is 16.5. The molecule has 9 nitrogen and oxygen atoms in total. The monoisotopic (exact) mass is 614 g/mol. The lowest BCUT2D eigenvalue weighted by Gasteiger charge is -2.27. The maximum absolute atomic E-state index is 13.8. The van der Waals surface area contributed by atoms with Gasteiger partial charge in [0.15, 0.2) is 5.82 Å². The molecule has 234 valence electrons. The minimum atomic E-state index is 0.00750. The second kappa shape index (κ2) is 10.2. The standard InChI is InChI=1S/C37H38N6O3/c1-41-35-28(14-24(17-32(35)46-2)37(45)43-19-23-10-12-29(43)34(23)38)40-36(41)31-16-22-9-8-21(15-30(22)42(31)18-20-6-7-20)25-4-3-5-27-26(25)11-13-33(44)39-27/h3-5,8-9,14-17,20,23,29,34H,6-7,10-13,18-19,38H2,1-2H3,(H,39,44)/t23-,29-,34-/m1/s1. The van der Waals surface area contributed by atoms with Crippen LogP contribution in [0.15, 0.2) is 54.6 Å². The molecule has 3 fully saturated rings. The molecular weight excluding hydrogens is 576 g/mol. The van der Waals surface area contributed by atoms with E-state index < -0.39 is 0 Å². The van der Waals surface area contributed by atoms with Gasteiger partial charge in [-0.1, -0.05) is 24.3 Å². The van der Waals surface area contributed by atoms with Crippen molar-refractivity contribution in [2.75, 3.05) is 19.0 Å². The van der Waals surface area contributed by atoms with Gasteiger partial charge in [-0.3, -0.25) is 9.59 Å². The number of aromatic nitrogens is 3. The number of methoxy groups -OCH3 is 1. The van der Waals surface area contributed by atoms with Gasteiger partial charge >= 0.3 is 0 Å². The first-order chi connectivity index (χ1) is 22.4. The summed E-state index contributed by atoms with van der Waals surface area (Å²) in [5.74, 6) is 2.61. The Morgan fingerprint density at radius 1 is 1.07 bits per heavy atom. The van der Waals surface area contributed by atoms with Crippen LogP contribution in [-0.2, 0) is 24.8 Å². The van der Waals surface area contributed by atoms with Crippen LogP contribution in [0.4, 0.5) is 5.69 Å². The third kappa shape index (κ3) is 4.21. The fourth-order valence-corrected chi connectivity index (χ4v) is 8.32. The van der Waals surface area contributed by atoms with Crippen molar-refractivity contribution in [3.63, 3.8) is 0 Å². The molecule has 0 radical (unpaired) electrons. The number of fused-ring (bicyclic) bond motifs is 5. The Bertz CT molecular complexity index is 2090. The van der Waals surface area contributed by atoms with Gasteiger partial charge in [0.1, 0.15) is 11.3 Å². The summed E-state index contributed by atoms with van der Waals surface area (Å²) in [5, 5.41) is 4.21. The molecule has 5 aromatic rings. The summed E-state index contributed by atoms with van der Waals surface area (Å²) in [7, 11) is 3.69. The molecule has 3 atom stereocenters. The van der Waals surface area contributed by atoms with Gasteiger partial charge in [-0.15, -0.1) is 0 Å². The van der Waals surface area contributed by atoms with E-state index in [1.165, 1.54) is 23.9 Å². The lowest BCUT2D eigenvalue weighted by Crippen LogP contribution is -2.41. The number of hydrogen-bond acceptors (Lipinski definition) is 5. The second-order valence-electron chi connectivity index (χ2n) is 13.7. The lowest BCUT2D eigenvalue weighted by molar-refractivity contribution is -0.116. The van der Waals surface area contributed by atoms with E-state index in [4.69, 9.17) is 15.5 Å². The van der Waals surface area contributed by atoms with E-state index in [-0.39, 0.29) is 23.9 Å². The van der Waals surface area contributed by atoms with Crippen LogP contribution in [0.1, 0.15) is 48.0 Å². The number of nitrogens with one attached hydrogen (secondary N) is 1. The number of amides is 2. The molecular formula is C37H38N6O3. The van der Waals surface area contributed by atoms with Crippen LogP contribution in [0, 0.1) is 11.8 Å². The molecule has 4 heterocycles. The van der Waals surface area contributed by atoms with Gasteiger partial charge in [-0.2, -0.15) is 0 Å². The topological polar surface area (TPSA) is 107 Å². The highest BCUT2D eigenvalue weighted by Crippen LogP contribution is 2.41. The van der Waals surface area contributed by atoms with Crippen LogP contribution in [0.5, 0.6) is 5.75 Å². The lowest BCUT2D eigenvalue weighted by atomic mass is 9.92. The summed E-state index contributed by atoms with van der Waals surface area (Å²) < 4.78 is 10.4. The maximum Gasteiger partial charge on any atom is 0.254 e. The highest BCUT2D eigenvalue weighted by Gasteiger charge is 2.47. The molecule has 46 heavy (non-hydrogen) atoms. The Kier molecular flexibility index (Phi) is 6.13. The quantitative estimate of drug-likeness (QED) is 0.254. The predicted molar refractivity (Wildman–Crippen MR) is 179 cm³/mol. The normalized spacial score (nSPS) is 22.1. The van der Waals surface area contributed by atoms with Gasteiger partial charge in [-0.05, 0) is 91.0 Å². The van der Waals surface area contributed by atoms with Gasteiger partial charge in [0.2, 0.25) is 5.91 Å². The summed E-state index contributed by atoms with van der Waals surface area (Å²) in [6.07, 6.45) is 5.78. The van der Waals surface area contributed by atoms with Crippen LogP contribution >= 0.6 is 0 Å². The number of carbonyl (C=O) groups excluding carboxylic acids is 2. The first kappa shape index (κ1) is 27.7. The smallest absolute Gasteiger partial charge is 0.254 e. The average molecular weight is 615 g/mol. The van der Waals surface area contributed by atoms with E-state index in [1.54, 1.807) is 7.11 Å². The number of anilines is 1. The molecule has 3 aromatic carbocycles. The van der Waals surface area contributed by atoms with E-state index in [0.29, 0.717) is 29.6 Å². The highest BCUT2D eigenvalue weighted by molar-refractivity contribution is 6.01. The molecule has 2 bridgehead atoms. The first-order valence-corrected chi connectivity index (χ1v) is 16.5. The van der Waals surface area contributed by atoms with Crippen LogP contribution in [0.2, 0.25) is 0 Å². The van der Waals surface area contributed by atoms with Crippen molar-refractivity contribution in [2.24, 2.45) is 24.6 Å². The van der Waals surface area contributed by atoms with E-state index in [1.807, 2.05) is 36.2 Å². The maximum atomic E-state index is 13.8. The van der Waals surface area contributed by atoms with Gasteiger partial charge in [0.05, 0.1) is 18.3 Å². The van der Waals surface area contributed by atoms with Crippen LogP contribution in [0.3, 0.4) is 0 Å². The molecule has 0 unspecified atom stereocenters. The third-order valence-corrected chi connectivity index (χ3v) is 10.9. The Labute approximate surface area is 267 Å². The molecule has 4 aliphatic rings. The van der Waals surface area contributed by atoms with Crippen molar-refractivity contribution >= 4 is 39.4 Å².